The molecule has 0 aromatic heterocycles. The Bertz CT molecular complexity index is 564. The summed E-state index contributed by atoms with van der Waals surface area (Å²) in [6.07, 6.45) is 8.67. The van der Waals surface area contributed by atoms with Gasteiger partial charge in [-0.25, -0.2) is 0 Å². The lowest BCUT2D eigenvalue weighted by Crippen LogP contribution is -2.49. The van der Waals surface area contributed by atoms with Gasteiger partial charge in [0.05, 0.1) is 25.2 Å². The quantitative estimate of drug-likeness (QED) is 0.393. The van der Waals surface area contributed by atoms with Crippen molar-refractivity contribution in [1.29, 1.82) is 0 Å². The lowest BCUT2D eigenvalue weighted by molar-refractivity contribution is -0.194. The van der Waals surface area contributed by atoms with E-state index in [2.05, 4.69) is 40.8 Å². The number of esters is 1. The van der Waals surface area contributed by atoms with Gasteiger partial charge in [0.1, 0.15) is 6.10 Å². The second-order valence-electron chi connectivity index (χ2n) is 10.8. The van der Waals surface area contributed by atoms with Crippen LogP contribution in [0, 0.1) is 5.92 Å². The van der Waals surface area contributed by atoms with Crippen LogP contribution in [0.5, 0.6) is 0 Å². The smallest absolute Gasteiger partial charge is 0.306 e. The molecule has 2 saturated heterocycles. The van der Waals surface area contributed by atoms with E-state index in [1.165, 1.54) is 6.42 Å². The zero-order valence-electron chi connectivity index (χ0n) is 19.4. The van der Waals surface area contributed by atoms with Crippen LogP contribution in [0.3, 0.4) is 0 Å². The van der Waals surface area contributed by atoms with Crippen LogP contribution in [-0.4, -0.2) is 45.0 Å². The highest BCUT2D eigenvalue weighted by Gasteiger charge is 2.53. The molecular weight excluding hydrogens is 384 g/mol. The zero-order chi connectivity index (χ0) is 21.3. The molecule has 168 valence electrons. The number of unbranched alkanes of at least 4 members (excludes halogenated alkanes) is 1. The summed E-state index contributed by atoms with van der Waals surface area (Å²) in [6, 6.07) is 0. The molecule has 0 aromatic rings. The molecule has 6 heteroatoms. The predicted octanol–water partition coefficient (Wildman–Crippen LogP) is 5.57. The number of carbonyl (C=O) groups excluding carboxylic acids is 1. The Morgan fingerprint density at radius 1 is 1.21 bits per heavy atom. The molecule has 4 atom stereocenters. The van der Waals surface area contributed by atoms with Crippen molar-refractivity contribution in [2.24, 2.45) is 5.92 Å². The van der Waals surface area contributed by atoms with Crippen LogP contribution in [0.15, 0.2) is 0 Å². The van der Waals surface area contributed by atoms with Crippen molar-refractivity contribution in [3.63, 3.8) is 0 Å². The summed E-state index contributed by atoms with van der Waals surface area (Å²) in [4.78, 5) is 12.4. The van der Waals surface area contributed by atoms with Gasteiger partial charge in [0.2, 0.25) is 0 Å². The molecule has 3 rings (SSSR count). The van der Waals surface area contributed by atoms with Crippen molar-refractivity contribution in [1.82, 2.24) is 0 Å². The van der Waals surface area contributed by atoms with Crippen LogP contribution < -0.4 is 0 Å². The molecule has 0 unspecified atom stereocenters. The van der Waals surface area contributed by atoms with E-state index >= 15 is 0 Å². The molecule has 0 N–H and O–H groups in total. The van der Waals surface area contributed by atoms with Gasteiger partial charge < -0.3 is 18.6 Å². The van der Waals surface area contributed by atoms with E-state index < -0.39 is 14.1 Å². The monoisotopic (exact) mass is 426 g/mol. The second-order valence-corrected chi connectivity index (χ2v) is 15.6. The molecule has 0 bridgehead atoms. The molecule has 1 saturated carbocycles. The molecular formula is C23H42O5Si. The normalized spacial score (nSPS) is 31.2. The highest BCUT2D eigenvalue weighted by Crippen LogP contribution is 2.44. The van der Waals surface area contributed by atoms with Crippen LogP contribution in [0.2, 0.25) is 18.1 Å². The average molecular weight is 427 g/mol. The highest BCUT2D eigenvalue weighted by atomic mass is 28.4. The molecule has 3 fully saturated rings. The molecule has 0 amide bonds. The summed E-state index contributed by atoms with van der Waals surface area (Å²) < 4.78 is 25.4. The lowest BCUT2D eigenvalue weighted by Gasteiger charge is -2.41. The Labute approximate surface area is 178 Å². The van der Waals surface area contributed by atoms with Crippen molar-refractivity contribution in [3.8, 4) is 0 Å². The van der Waals surface area contributed by atoms with Crippen molar-refractivity contribution in [2.75, 3.05) is 6.61 Å². The Kier molecular flexibility index (Phi) is 7.19. The Morgan fingerprint density at radius 3 is 2.52 bits per heavy atom. The van der Waals surface area contributed by atoms with Gasteiger partial charge in [-0.3, -0.25) is 4.79 Å². The van der Waals surface area contributed by atoms with Gasteiger partial charge in [-0.15, -0.1) is 0 Å². The summed E-state index contributed by atoms with van der Waals surface area (Å²) in [6.45, 7) is 14.1. The number of ether oxygens (including phenoxy) is 3. The predicted molar refractivity (Wildman–Crippen MR) is 116 cm³/mol. The molecule has 3 aliphatic rings. The number of cyclic esters (lactones) is 1. The lowest BCUT2D eigenvalue weighted by atomic mass is 9.89. The van der Waals surface area contributed by atoms with E-state index in [1.54, 1.807) is 0 Å². The van der Waals surface area contributed by atoms with E-state index in [-0.39, 0.29) is 35.2 Å². The average Bonchev–Trinajstić information content (AvgIpc) is 3.22. The third-order valence-electron chi connectivity index (χ3n) is 7.52. The first-order valence-corrected chi connectivity index (χ1v) is 14.7. The minimum atomic E-state index is -1.98. The molecule has 2 aliphatic heterocycles. The summed E-state index contributed by atoms with van der Waals surface area (Å²) in [5.41, 5.74) is 0. The molecule has 0 radical (unpaired) electrons. The highest BCUT2D eigenvalue weighted by molar-refractivity contribution is 6.74. The zero-order valence-corrected chi connectivity index (χ0v) is 20.4. The van der Waals surface area contributed by atoms with Gasteiger partial charge in [-0.1, -0.05) is 47.0 Å². The van der Waals surface area contributed by atoms with Gasteiger partial charge in [0.25, 0.3) is 0 Å². The van der Waals surface area contributed by atoms with Gasteiger partial charge in [0.15, 0.2) is 14.1 Å². The van der Waals surface area contributed by atoms with Crippen molar-refractivity contribution >= 4 is 14.3 Å². The maximum atomic E-state index is 12.4. The first kappa shape index (κ1) is 23.2. The van der Waals surface area contributed by atoms with Gasteiger partial charge in [-0.05, 0) is 37.4 Å². The molecule has 2 heterocycles. The van der Waals surface area contributed by atoms with E-state index in [4.69, 9.17) is 18.6 Å². The molecule has 1 aliphatic carbocycles. The molecule has 29 heavy (non-hydrogen) atoms. The van der Waals surface area contributed by atoms with Crippen LogP contribution in [0.1, 0.15) is 85.5 Å². The minimum absolute atomic E-state index is 0.0235. The van der Waals surface area contributed by atoms with Crippen molar-refractivity contribution in [3.05, 3.63) is 0 Å². The van der Waals surface area contributed by atoms with Crippen LogP contribution >= 0.6 is 0 Å². The fourth-order valence-electron chi connectivity index (χ4n) is 4.68. The molecule has 5 nitrogen and oxygen atoms in total. The topological polar surface area (TPSA) is 54.0 Å². The van der Waals surface area contributed by atoms with Crippen LogP contribution in [-0.2, 0) is 23.4 Å². The summed E-state index contributed by atoms with van der Waals surface area (Å²) in [7, 11) is -1.98. The first-order valence-electron chi connectivity index (χ1n) is 11.8. The minimum Gasteiger partial charge on any atom is -0.459 e. The van der Waals surface area contributed by atoms with Crippen molar-refractivity contribution < 1.29 is 23.4 Å². The SMILES string of the molecule is CCCC[C@@H](O[Si](C)(C)C(C)(C)C)[C@H]1OC(=O)C[C@@H]1[C@H]1COC2(CCCCC2)O1. The molecule has 0 aromatic carbocycles. The molecule has 1 spiro atoms. The Hall–Kier alpha value is -0.433. The fourth-order valence-corrected chi connectivity index (χ4v) is 6.05. The second kappa shape index (κ2) is 8.97. The third-order valence-corrected chi connectivity index (χ3v) is 12.0. The van der Waals surface area contributed by atoms with Crippen molar-refractivity contribution in [2.45, 2.75) is 128 Å². The Morgan fingerprint density at radius 2 is 1.90 bits per heavy atom. The summed E-state index contributed by atoms with van der Waals surface area (Å²) >= 11 is 0. The van der Waals surface area contributed by atoms with E-state index in [0.29, 0.717) is 13.0 Å². The number of hydrogen-bond acceptors (Lipinski definition) is 5. The van der Waals surface area contributed by atoms with Gasteiger partial charge in [-0.2, -0.15) is 0 Å². The fraction of sp³-hybridized carbons (Fsp3) is 0.957. The number of hydrogen-bond donors (Lipinski definition) is 0. The third kappa shape index (κ3) is 5.25. The van der Waals surface area contributed by atoms with E-state index in [1.807, 2.05) is 0 Å². The van der Waals surface area contributed by atoms with E-state index in [9.17, 15) is 4.79 Å². The summed E-state index contributed by atoms with van der Waals surface area (Å²) in [5, 5.41) is 0.120. The summed E-state index contributed by atoms with van der Waals surface area (Å²) in [5.74, 6) is -0.512. The maximum Gasteiger partial charge on any atom is 0.306 e. The maximum absolute atomic E-state index is 12.4. The number of carbonyl (C=O) groups is 1. The van der Waals surface area contributed by atoms with Gasteiger partial charge in [0, 0.05) is 18.8 Å². The van der Waals surface area contributed by atoms with E-state index in [0.717, 1.165) is 44.9 Å². The van der Waals surface area contributed by atoms with Gasteiger partial charge >= 0.3 is 5.97 Å². The van der Waals surface area contributed by atoms with Crippen LogP contribution in [0.25, 0.3) is 0 Å². The largest absolute Gasteiger partial charge is 0.459 e. The van der Waals surface area contributed by atoms with Crippen LogP contribution in [0.4, 0.5) is 0 Å². The Balaban J connectivity index is 1.75. The standard InChI is InChI=1S/C23H42O5Si/c1-7-8-12-18(28-29(5,6)22(2,3)4)21-17(15-20(24)26-21)19-16-25-23(27-19)13-10-9-11-14-23/h17-19,21H,7-16H2,1-6H3/t17-,18-,19-,21+/m1/s1. The number of rotatable bonds is 7. The first-order chi connectivity index (χ1) is 13.6.